The minimum Gasteiger partial charge on any atom is -0.395 e. The number of β-amino-alcohol motifs (C(OH)–C–C–N with tert-alkyl or cyclic N) is 1. The summed E-state index contributed by atoms with van der Waals surface area (Å²) in [5.41, 5.74) is 8.99. The van der Waals surface area contributed by atoms with Crippen LogP contribution in [0.4, 0.5) is 17.1 Å². The van der Waals surface area contributed by atoms with Gasteiger partial charge in [-0.25, -0.2) is 0 Å². The van der Waals surface area contributed by atoms with Crippen molar-refractivity contribution >= 4 is 17.1 Å². The first-order chi connectivity index (χ1) is 14.7. The molecule has 5 rings (SSSR count). The Kier molecular flexibility index (Phi) is 5.54. The molecule has 4 fully saturated rings. The number of hydrogen-bond acceptors (Lipinski definition) is 9. The Morgan fingerprint density at radius 2 is 1.97 bits per heavy atom. The number of nitro benzene ring substituents is 1. The van der Waals surface area contributed by atoms with E-state index in [4.69, 9.17) is 5.53 Å². The third kappa shape index (κ3) is 3.82. The van der Waals surface area contributed by atoms with Crippen LogP contribution in [0.2, 0.25) is 0 Å². The smallest absolute Gasteiger partial charge is 0.292 e. The van der Waals surface area contributed by atoms with Crippen molar-refractivity contribution in [3.8, 4) is 0 Å². The number of benzene rings is 1. The Balaban J connectivity index is 1.35. The van der Waals surface area contributed by atoms with Gasteiger partial charge in [-0.2, -0.15) is 0 Å². The largest absolute Gasteiger partial charge is 0.395 e. The van der Waals surface area contributed by atoms with Gasteiger partial charge in [0.15, 0.2) is 0 Å². The molecule has 0 unspecified atom stereocenters. The summed E-state index contributed by atoms with van der Waals surface area (Å²) < 4.78 is 0. The molecular weight excluding hydrogens is 408 g/mol. The summed E-state index contributed by atoms with van der Waals surface area (Å²) in [5, 5.41) is 57.6. The number of likely N-dealkylation sites (tertiary alicyclic amines) is 1. The molecule has 0 radical (unpaired) electrons. The monoisotopic (exact) mass is 434 g/mol. The van der Waals surface area contributed by atoms with Crippen LogP contribution in [0.25, 0.3) is 10.4 Å². The zero-order chi connectivity index (χ0) is 22.4. The average molecular weight is 434 g/mol. The molecule has 1 aromatic carbocycles. The fraction of sp³-hybridized carbons (Fsp3) is 0.684. The van der Waals surface area contributed by atoms with Crippen LogP contribution in [0.15, 0.2) is 23.3 Å². The van der Waals surface area contributed by atoms with Crippen molar-refractivity contribution in [2.75, 3.05) is 31.6 Å². The summed E-state index contributed by atoms with van der Waals surface area (Å²) in [6.07, 6.45) is -0.818. The Morgan fingerprint density at radius 3 is 2.58 bits per heavy atom. The summed E-state index contributed by atoms with van der Waals surface area (Å²) in [4.78, 5) is 15.3. The van der Waals surface area contributed by atoms with Gasteiger partial charge in [0.05, 0.1) is 23.7 Å². The van der Waals surface area contributed by atoms with E-state index in [2.05, 4.69) is 15.3 Å². The van der Waals surface area contributed by atoms with Gasteiger partial charge in [-0.15, -0.1) is 0 Å². The lowest BCUT2D eigenvalue weighted by atomic mass is 9.35. The van der Waals surface area contributed by atoms with Gasteiger partial charge in [-0.1, -0.05) is 11.2 Å². The second kappa shape index (κ2) is 7.90. The van der Waals surface area contributed by atoms with Crippen molar-refractivity contribution in [3.63, 3.8) is 0 Å². The molecule has 3 aliphatic carbocycles. The molecule has 1 aromatic rings. The molecule has 0 aromatic heterocycles. The Morgan fingerprint density at radius 1 is 1.26 bits per heavy atom. The van der Waals surface area contributed by atoms with E-state index >= 15 is 0 Å². The molecule has 168 valence electrons. The second-order valence-corrected chi connectivity index (χ2v) is 9.26. The van der Waals surface area contributed by atoms with E-state index in [1.807, 2.05) is 4.90 Å². The van der Waals surface area contributed by atoms with Crippen LogP contribution in [-0.2, 0) is 0 Å². The number of hydrogen-bond donors (Lipinski definition) is 5. The number of azide groups is 1. The maximum absolute atomic E-state index is 11.4. The summed E-state index contributed by atoms with van der Waals surface area (Å²) in [5.74, 6) is 0. The first-order valence-corrected chi connectivity index (χ1v) is 10.2. The first kappa shape index (κ1) is 21.8. The topological polar surface area (TPSA) is 188 Å². The number of anilines is 1. The highest BCUT2D eigenvalue weighted by Gasteiger charge is 2.67. The van der Waals surface area contributed by atoms with E-state index in [0.29, 0.717) is 18.8 Å². The summed E-state index contributed by atoms with van der Waals surface area (Å²) >= 11 is 0. The van der Waals surface area contributed by atoms with Crippen molar-refractivity contribution in [1.82, 2.24) is 4.90 Å². The molecule has 5 N–H and O–H groups in total. The van der Waals surface area contributed by atoms with Crippen molar-refractivity contribution in [1.29, 1.82) is 0 Å². The van der Waals surface area contributed by atoms with E-state index < -0.39 is 29.3 Å². The number of nitrogens with one attached hydrogen (secondary N) is 1. The highest BCUT2D eigenvalue weighted by Crippen LogP contribution is 2.73. The highest BCUT2D eigenvalue weighted by atomic mass is 16.6. The van der Waals surface area contributed by atoms with Crippen LogP contribution in [0, 0.1) is 20.9 Å². The van der Waals surface area contributed by atoms with Crippen LogP contribution in [0.5, 0.6) is 0 Å². The SMILES string of the molecule is [N-]=[N+]=Nc1ccc(NCC23CC(CN4C[C@H](O)[C@@H](O)[C@H](O)[C@H]4CO)(C2)C3)c([N+](=O)[O-])c1. The third-order valence-electron chi connectivity index (χ3n) is 7.00. The predicted octanol–water partition coefficient (Wildman–Crippen LogP) is 0.878. The lowest BCUT2D eigenvalue weighted by Gasteiger charge is -2.72. The third-order valence-corrected chi connectivity index (χ3v) is 7.00. The predicted molar refractivity (Wildman–Crippen MR) is 110 cm³/mol. The normalized spacial score (nSPS) is 36.6. The molecule has 12 nitrogen and oxygen atoms in total. The van der Waals surface area contributed by atoms with Crippen LogP contribution >= 0.6 is 0 Å². The van der Waals surface area contributed by atoms with Gasteiger partial charge in [-0.05, 0) is 41.7 Å². The summed E-state index contributed by atoms with van der Waals surface area (Å²) in [6, 6.07) is 3.69. The fourth-order valence-electron chi connectivity index (χ4n) is 5.79. The molecule has 0 amide bonds. The Hall–Kier alpha value is -2.47. The molecular formula is C19H26N6O6. The van der Waals surface area contributed by atoms with Crippen molar-refractivity contribution in [3.05, 3.63) is 38.8 Å². The summed E-state index contributed by atoms with van der Waals surface area (Å²) in [6.45, 7) is 1.08. The number of piperidine rings is 1. The van der Waals surface area contributed by atoms with Crippen molar-refractivity contribution < 1.29 is 25.3 Å². The molecule has 4 atom stereocenters. The highest BCUT2D eigenvalue weighted by molar-refractivity contribution is 5.66. The van der Waals surface area contributed by atoms with E-state index in [0.717, 1.165) is 19.3 Å². The lowest BCUT2D eigenvalue weighted by molar-refractivity contribution is -0.383. The van der Waals surface area contributed by atoms with Gasteiger partial charge in [0.2, 0.25) is 0 Å². The zero-order valence-electron chi connectivity index (χ0n) is 16.8. The molecule has 1 saturated heterocycles. The van der Waals surface area contributed by atoms with Gasteiger partial charge < -0.3 is 25.7 Å². The molecule has 1 aliphatic heterocycles. The number of aliphatic hydroxyl groups excluding tert-OH is 4. The molecule has 1 heterocycles. The number of nitro groups is 1. The van der Waals surface area contributed by atoms with E-state index in [1.165, 1.54) is 18.2 Å². The maximum atomic E-state index is 11.4. The van der Waals surface area contributed by atoms with Crippen LogP contribution in [0.3, 0.4) is 0 Å². The van der Waals surface area contributed by atoms with Gasteiger partial charge >= 0.3 is 0 Å². The maximum Gasteiger partial charge on any atom is 0.292 e. The molecule has 0 spiro atoms. The quantitative estimate of drug-likeness (QED) is 0.131. The van der Waals surface area contributed by atoms with E-state index in [9.17, 15) is 30.5 Å². The zero-order valence-corrected chi connectivity index (χ0v) is 16.8. The lowest BCUT2D eigenvalue weighted by Crippen LogP contribution is -2.71. The molecule has 12 heteroatoms. The Labute approximate surface area is 177 Å². The first-order valence-electron chi connectivity index (χ1n) is 10.2. The number of aliphatic hydroxyl groups is 4. The van der Waals surface area contributed by atoms with E-state index in [-0.39, 0.29) is 35.4 Å². The van der Waals surface area contributed by atoms with Crippen molar-refractivity contribution in [2.24, 2.45) is 15.9 Å². The van der Waals surface area contributed by atoms with Crippen LogP contribution < -0.4 is 5.32 Å². The molecule has 3 saturated carbocycles. The molecule has 4 aliphatic rings. The minimum absolute atomic E-state index is 0.0358. The molecule has 31 heavy (non-hydrogen) atoms. The van der Waals surface area contributed by atoms with Gasteiger partial charge in [0, 0.05) is 36.3 Å². The standard InChI is InChI=1S/C19H26N6O6/c20-23-22-11-1-2-12(13(3-11)25(30)31)21-9-18-6-19(7-18,8-18)10-24-4-15(27)17(29)16(28)14(24)5-26/h1-3,14-17,21,26-29H,4-10H2/t14-,15+,16-,17-,18?,19?/m1/s1. The Bertz CT molecular complexity index is 901. The second-order valence-electron chi connectivity index (χ2n) is 9.26. The van der Waals surface area contributed by atoms with Gasteiger partial charge in [0.25, 0.3) is 5.69 Å². The van der Waals surface area contributed by atoms with Crippen molar-refractivity contribution in [2.45, 2.75) is 43.6 Å². The molecule has 2 bridgehead atoms. The van der Waals surface area contributed by atoms with Crippen LogP contribution in [-0.4, -0.2) is 80.8 Å². The van der Waals surface area contributed by atoms with Gasteiger partial charge in [-0.3, -0.25) is 15.0 Å². The van der Waals surface area contributed by atoms with Gasteiger partial charge in [0.1, 0.15) is 17.9 Å². The van der Waals surface area contributed by atoms with Crippen LogP contribution in [0.1, 0.15) is 19.3 Å². The summed E-state index contributed by atoms with van der Waals surface area (Å²) in [7, 11) is 0. The average Bonchev–Trinajstić information content (AvgIpc) is 2.68. The fourth-order valence-corrected chi connectivity index (χ4v) is 5.79. The van der Waals surface area contributed by atoms with E-state index in [1.54, 1.807) is 0 Å². The minimum atomic E-state index is -1.27. The number of rotatable bonds is 8. The number of nitrogens with zero attached hydrogens (tertiary/aromatic N) is 5.